The molecule has 0 unspecified atom stereocenters. The van der Waals surface area contributed by atoms with Crippen molar-refractivity contribution in [2.75, 3.05) is 0 Å². The number of hydrogen-bond donors (Lipinski definition) is 0. The van der Waals surface area contributed by atoms with Crippen molar-refractivity contribution in [2.24, 2.45) is 10.2 Å². The fraction of sp³-hybridized carbons (Fsp3) is 1.00. The molecule has 9 heavy (non-hydrogen) atoms. The van der Waals surface area contributed by atoms with Gasteiger partial charge in [0.2, 0.25) is 0 Å². The first-order valence-electron chi connectivity index (χ1n) is 2.40. The van der Waals surface area contributed by atoms with E-state index < -0.39 is 12.3 Å². The van der Waals surface area contributed by atoms with Crippen LogP contribution in [-0.4, -0.2) is 12.3 Å². The molecule has 0 aromatic rings. The Hall–Kier alpha value is -0.610. The smallest absolute Gasteiger partial charge is 0.183 e. The normalized spacial score (nSPS) is 13.6. The first kappa shape index (κ1) is 8.39. The van der Waals surface area contributed by atoms with Crippen LogP contribution < -0.4 is 0 Å². The van der Waals surface area contributed by atoms with Crippen molar-refractivity contribution >= 4 is 0 Å². The molecule has 0 saturated heterocycles. The lowest BCUT2D eigenvalue weighted by molar-refractivity contribution is -0.126. The van der Waals surface area contributed by atoms with Gasteiger partial charge in [0.25, 0.3) is 0 Å². The summed E-state index contributed by atoms with van der Waals surface area (Å²) in [6.45, 7) is 3.05. The Bertz CT molecular complexity index is 105. The molecule has 0 N–H and O–H groups in total. The standard InChI is InChI=1S/C4H7F3N2/c1-3(2)8-9-4(5,6)7/h3H,1-2H3. The molecular weight excluding hydrogens is 133 g/mol. The predicted octanol–water partition coefficient (Wildman–Crippen LogP) is 2.37. The van der Waals surface area contributed by atoms with E-state index in [1.807, 2.05) is 0 Å². The molecule has 2 nitrogen and oxygen atoms in total. The summed E-state index contributed by atoms with van der Waals surface area (Å²) >= 11 is 0. The molecule has 54 valence electrons. The Kier molecular flexibility index (Phi) is 2.61. The summed E-state index contributed by atoms with van der Waals surface area (Å²) in [6, 6.07) is -0.397. The van der Waals surface area contributed by atoms with Crippen LogP contribution in [0.15, 0.2) is 10.2 Å². The van der Waals surface area contributed by atoms with Crippen LogP contribution in [0.5, 0.6) is 0 Å². The van der Waals surface area contributed by atoms with Crippen LogP contribution in [0.1, 0.15) is 13.8 Å². The summed E-state index contributed by atoms with van der Waals surface area (Å²) in [5, 5.41) is 4.98. The van der Waals surface area contributed by atoms with E-state index in [4.69, 9.17) is 0 Å². The van der Waals surface area contributed by atoms with Crippen LogP contribution in [0.4, 0.5) is 13.2 Å². The maximum Gasteiger partial charge on any atom is 0.520 e. The molecule has 0 radical (unpaired) electrons. The van der Waals surface area contributed by atoms with Crippen LogP contribution in [0.2, 0.25) is 0 Å². The quantitative estimate of drug-likeness (QED) is 0.394. The number of azo groups is 1. The van der Waals surface area contributed by atoms with Crippen molar-refractivity contribution in [3.63, 3.8) is 0 Å². The van der Waals surface area contributed by atoms with Gasteiger partial charge in [0, 0.05) is 0 Å². The molecule has 0 aliphatic carbocycles. The zero-order valence-corrected chi connectivity index (χ0v) is 5.11. The van der Waals surface area contributed by atoms with Gasteiger partial charge in [-0.3, -0.25) is 0 Å². The molecule has 0 rings (SSSR count). The van der Waals surface area contributed by atoms with E-state index in [-0.39, 0.29) is 0 Å². The summed E-state index contributed by atoms with van der Waals surface area (Å²) in [5.74, 6) is 0. The molecule has 0 heterocycles. The first-order valence-corrected chi connectivity index (χ1v) is 2.40. The molecule has 0 aliphatic heterocycles. The molecule has 5 heteroatoms. The Morgan fingerprint density at radius 3 is 1.78 bits per heavy atom. The minimum Gasteiger partial charge on any atom is -0.183 e. The largest absolute Gasteiger partial charge is 0.520 e. The second-order valence-electron chi connectivity index (χ2n) is 1.78. The molecule has 0 aromatic carbocycles. The summed E-state index contributed by atoms with van der Waals surface area (Å²) < 4.78 is 33.5. The van der Waals surface area contributed by atoms with Gasteiger partial charge < -0.3 is 0 Å². The monoisotopic (exact) mass is 140 g/mol. The van der Waals surface area contributed by atoms with E-state index in [1.165, 1.54) is 13.8 Å². The van der Waals surface area contributed by atoms with Crippen molar-refractivity contribution in [3.8, 4) is 0 Å². The van der Waals surface area contributed by atoms with Gasteiger partial charge in [-0.2, -0.15) is 5.11 Å². The van der Waals surface area contributed by atoms with Gasteiger partial charge in [-0.15, -0.1) is 13.2 Å². The van der Waals surface area contributed by atoms with E-state index in [0.29, 0.717) is 0 Å². The summed E-state index contributed by atoms with van der Waals surface area (Å²) in [7, 11) is 0. The van der Waals surface area contributed by atoms with E-state index >= 15 is 0 Å². The van der Waals surface area contributed by atoms with Crippen molar-refractivity contribution in [3.05, 3.63) is 0 Å². The zero-order valence-electron chi connectivity index (χ0n) is 5.11. The molecular formula is C4H7F3N2. The summed E-state index contributed by atoms with van der Waals surface area (Å²) in [5.41, 5.74) is 0. The molecule has 0 aliphatic rings. The molecule has 0 fully saturated rings. The lowest BCUT2D eigenvalue weighted by Crippen LogP contribution is -2.01. The van der Waals surface area contributed by atoms with Crippen molar-refractivity contribution in [1.29, 1.82) is 0 Å². The molecule has 0 aromatic heterocycles. The van der Waals surface area contributed by atoms with Crippen LogP contribution in [0.25, 0.3) is 0 Å². The van der Waals surface area contributed by atoms with Crippen LogP contribution >= 0.6 is 0 Å². The zero-order chi connectivity index (χ0) is 7.49. The average Bonchev–Trinajstić information content (AvgIpc) is 1.59. The van der Waals surface area contributed by atoms with Crippen molar-refractivity contribution < 1.29 is 13.2 Å². The van der Waals surface area contributed by atoms with Gasteiger partial charge >= 0.3 is 6.30 Å². The molecule has 0 saturated carbocycles. The second-order valence-corrected chi connectivity index (χ2v) is 1.78. The number of hydrogen-bond acceptors (Lipinski definition) is 2. The highest BCUT2D eigenvalue weighted by Crippen LogP contribution is 2.16. The summed E-state index contributed by atoms with van der Waals surface area (Å²) in [4.78, 5) is 0. The van der Waals surface area contributed by atoms with Crippen LogP contribution in [0.3, 0.4) is 0 Å². The average molecular weight is 140 g/mol. The van der Waals surface area contributed by atoms with E-state index in [0.717, 1.165) is 0 Å². The third-order valence-corrected chi connectivity index (χ3v) is 0.402. The molecule has 0 amide bonds. The minimum absolute atomic E-state index is 0.397. The number of rotatable bonds is 1. The fourth-order valence-electron chi connectivity index (χ4n) is 0.181. The number of alkyl halides is 3. The van der Waals surface area contributed by atoms with Gasteiger partial charge in [0.05, 0.1) is 6.04 Å². The number of nitrogens with zero attached hydrogens (tertiary/aromatic N) is 2. The Balaban J connectivity index is 3.71. The van der Waals surface area contributed by atoms with Gasteiger partial charge in [0.15, 0.2) is 0 Å². The Labute approximate surface area is 50.8 Å². The molecule has 0 bridgehead atoms. The fourth-order valence-corrected chi connectivity index (χ4v) is 0.181. The highest BCUT2D eigenvalue weighted by Gasteiger charge is 2.26. The third kappa shape index (κ3) is 7.39. The predicted molar refractivity (Wildman–Crippen MR) is 26.0 cm³/mol. The SMILES string of the molecule is CC(C)N=NC(F)(F)F. The lowest BCUT2D eigenvalue weighted by Gasteiger charge is -1.96. The Morgan fingerprint density at radius 2 is 1.67 bits per heavy atom. The summed E-state index contributed by atoms with van der Waals surface area (Å²) in [6.07, 6.45) is -4.51. The maximum atomic E-state index is 11.2. The molecule has 0 spiro atoms. The second kappa shape index (κ2) is 2.80. The number of halogens is 3. The van der Waals surface area contributed by atoms with Gasteiger partial charge in [-0.1, -0.05) is 5.11 Å². The van der Waals surface area contributed by atoms with Gasteiger partial charge in [-0.25, -0.2) is 0 Å². The van der Waals surface area contributed by atoms with E-state index in [9.17, 15) is 13.2 Å². The minimum atomic E-state index is -4.51. The van der Waals surface area contributed by atoms with Gasteiger partial charge in [-0.05, 0) is 13.8 Å². The first-order chi connectivity index (χ1) is 3.92. The van der Waals surface area contributed by atoms with Crippen molar-refractivity contribution in [1.82, 2.24) is 0 Å². The van der Waals surface area contributed by atoms with Crippen molar-refractivity contribution in [2.45, 2.75) is 26.2 Å². The molecule has 0 atom stereocenters. The third-order valence-electron chi connectivity index (χ3n) is 0.402. The Morgan fingerprint density at radius 1 is 1.22 bits per heavy atom. The maximum absolute atomic E-state index is 11.2. The topological polar surface area (TPSA) is 24.7 Å². The van der Waals surface area contributed by atoms with Gasteiger partial charge in [0.1, 0.15) is 0 Å². The van der Waals surface area contributed by atoms with E-state index in [1.54, 1.807) is 0 Å². The lowest BCUT2D eigenvalue weighted by atomic mass is 10.4. The van der Waals surface area contributed by atoms with Crippen LogP contribution in [-0.2, 0) is 0 Å². The highest BCUT2D eigenvalue weighted by atomic mass is 19.4. The van der Waals surface area contributed by atoms with Crippen LogP contribution in [0, 0.1) is 0 Å². The van der Waals surface area contributed by atoms with E-state index in [2.05, 4.69) is 10.2 Å². The highest BCUT2D eigenvalue weighted by molar-refractivity contribution is 4.46.